The fraction of sp³-hybridized carbons (Fsp3) is 0.389. The zero-order valence-electron chi connectivity index (χ0n) is 13.6. The van der Waals surface area contributed by atoms with Crippen molar-refractivity contribution in [1.82, 2.24) is 14.9 Å². The van der Waals surface area contributed by atoms with E-state index in [2.05, 4.69) is 27.4 Å². The quantitative estimate of drug-likeness (QED) is 0.822. The molecular weight excluding hydrogens is 304 g/mol. The van der Waals surface area contributed by atoms with Crippen LogP contribution in [0.15, 0.2) is 42.6 Å². The Morgan fingerprint density at radius 1 is 1.17 bits per heavy atom. The lowest BCUT2D eigenvalue weighted by Gasteiger charge is -2.26. The molecule has 6 heteroatoms. The Balaban J connectivity index is 1.50. The van der Waals surface area contributed by atoms with Crippen molar-refractivity contribution in [2.75, 3.05) is 38.2 Å². The van der Waals surface area contributed by atoms with Gasteiger partial charge in [0.25, 0.3) is 5.91 Å². The minimum atomic E-state index is -0.0620. The van der Waals surface area contributed by atoms with Crippen LogP contribution in [0.2, 0.25) is 0 Å². The highest BCUT2D eigenvalue weighted by Gasteiger charge is 2.19. The van der Waals surface area contributed by atoms with Crippen LogP contribution in [0.1, 0.15) is 22.5 Å². The zero-order chi connectivity index (χ0) is 16.6. The largest absolute Gasteiger partial charge is 0.378 e. The van der Waals surface area contributed by atoms with Crippen LogP contribution in [0.25, 0.3) is 0 Å². The van der Waals surface area contributed by atoms with Gasteiger partial charge in [0.05, 0.1) is 13.2 Å². The molecule has 1 aliphatic heterocycles. The third-order valence-corrected chi connectivity index (χ3v) is 3.94. The van der Waals surface area contributed by atoms with Crippen LogP contribution in [0.5, 0.6) is 0 Å². The minimum absolute atomic E-state index is 0.0620. The molecule has 1 amide bonds. The second-order valence-corrected chi connectivity index (χ2v) is 5.69. The maximum absolute atomic E-state index is 12.4. The fourth-order valence-electron chi connectivity index (χ4n) is 2.63. The summed E-state index contributed by atoms with van der Waals surface area (Å²) in [6.07, 6.45) is 3.61. The van der Waals surface area contributed by atoms with Crippen molar-refractivity contribution < 1.29 is 9.53 Å². The molecule has 1 N–H and O–H groups in total. The van der Waals surface area contributed by atoms with Crippen LogP contribution in [0, 0.1) is 0 Å². The predicted octanol–water partition coefficient (Wildman–Crippen LogP) is 1.99. The van der Waals surface area contributed by atoms with Gasteiger partial charge in [-0.05, 0) is 24.5 Å². The average Bonchev–Trinajstić information content (AvgIpc) is 2.66. The van der Waals surface area contributed by atoms with Crippen LogP contribution in [-0.2, 0) is 11.2 Å². The first-order valence-corrected chi connectivity index (χ1v) is 8.31. The molecule has 126 valence electrons. The molecule has 6 nitrogen and oxygen atoms in total. The van der Waals surface area contributed by atoms with E-state index in [1.54, 1.807) is 17.2 Å². The van der Waals surface area contributed by atoms with Crippen molar-refractivity contribution in [1.29, 1.82) is 0 Å². The van der Waals surface area contributed by atoms with Gasteiger partial charge >= 0.3 is 0 Å². The van der Waals surface area contributed by atoms with Crippen molar-refractivity contribution in [2.24, 2.45) is 0 Å². The Morgan fingerprint density at radius 2 is 1.96 bits per heavy atom. The second kappa shape index (κ2) is 8.40. The molecule has 24 heavy (non-hydrogen) atoms. The molecule has 1 aromatic carbocycles. The normalized spacial score (nSPS) is 14.4. The Labute approximate surface area is 141 Å². The predicted molar refractivity (Wildman–Crippen MR) is 92.0 cm³/mol. The highest BCUT2D eigenvalue weighted by Crippen LogP contribution is 2.08. The van der Waals surface area contributed by atoms with Gasteiger partial charge in [-0.25, -0.2) is 9.97 Å². The van der Waals surface area contributed by atoms with Crippen molar-refractivity contribution in [2.45, 2.75) is 12.8 Å². The van der Waals surface area contributed by atoms with E-state index in [0.29, 0.717) is 37.9 Å². The lowest BCUT2D eigenvalue weighted by Crippen LogP contribution is -2.41. The van der Waals surface area contributed by atoms with E-state index in [9.17, 15) is 4.79 Å². The standard InChI is InChI=1S/C18H22N4O2/c23-17(22-11-13-24-14-12-22)16-8-10-20-18(21-16)19-9-4-7-15-5-2-1-3-6-15/h1-3,5-6,8,10H,4,7,9,11-14H2,(H,19,20,21). The summed E-state index contributed by atoms with van der Waals surface area (Å²) in [6.45, 7) is 3.16. The van der Waals surface area contributed by atoms with Gasteiger partial charge in [0.15, 0.2) is 0 Å². The Kier molecular flexibility index (Phi) is 5.74. The molecule has 0 radical (unpaired) electrons. The van der Waals surface area contributed by atoms with Crippen LogP contribution in [0.3, 0.4) is 0 Å². The summed E-state index contributed by atoms with van der Waals surface area (Å²) in [5.41, 5.74) is 1.74. The van der Waals surface area contributed by atoms with Gasteiger partial charge in [0.1, 0.15) is 5.69 Å². The molecule has 1 aromatic heterocycles. The number of amides is 1. The zero-order valence-corrected chi connectivity index (χ0v) is 13.6. The van der Waals surface area contributed by atoms with Crippen LogP contribution in [-0.4, -0.2) is 53.6 Å². The summed E-state index contributed by atoms with van der Waals surface area (Å²) >= 11 is 0. The number of anilines is 1. The summed E-state index contributed by atoms with van der Waals surface area (Å²) in [5, 5.41) is 3.20. The van der Waals surface area contributed by atoms with Gasteiger partial charge in [0, 0.05) is 25.8 Å². The number of hydrogen-bond donors (Lipinski definition) is 1. The summed E-state index contributed by atoms with van der Waals surface area (Å²) in [5.74, 6) is 0.440. The van der Waals surface area contributed by atoms with E-state index in [4.69, 9.17) is 4.74 Å². The summed E-state index contributed by atoms with van der Waals surface area (Å²) < 4.78 is 5.27. The first kappa shape index (κ1) is 16.4. The number of morpholine rings is 1. The van der Waals surface area contributed by atoms with Gasteiger partial charge < -0.3 is 15.0 Å². The molecule has 0 atom stereocenters. The molecule has 0 saturated carbocycles. The maximum atomic E-state index is 12.4. The fourth-order valence-corrected chi connectivity index (χ4v) is 2.63. The van der Waals surface area contributed by atoms with E-state index in [-0.39, 0.29) is 5.91 Å². The van der Waals surface area contributed by atoms with E-state index in [1.807, 2.05) is 18.2 Å². The van der Waals surface area contributed by atoms with Crippen LogP contribution >= 0.6 is 0 Å². The molecule has 1 aliphatic rings. The van der Waals surface area contributed by atoms with Gasteiger partial charge in [-0.1, -0.05) is 30.3 Å². The topological polar surface area (TPSA) is 67.4 Å². The van der Waals surface area contributed by atoms with Gasteiger partial charge in [0.2, 0.25) is 5.95 Å². The molecule has 0 bridgehead atoms. The Bertz CT molecular complexity index is 657. The summed E-state index contributed by atoms with van der Waals surface area (Å²) in [6, 6.07) is 12.0. The SMILES string of the molecule is O=C(c1ccnc(NCCCc2ccccc2)n1)N1CCOCC1. The molecule has 0 spiro atoms. The van der Waals surface area contributed by atoms with E-state index < -0.39 is 0 Å². The van der Waals surface area contributed by atoms with E-state index in [1.165, 1.54) is 5.56 Å². The molecule has 0 unspecified atom stereocenters. The summed E-state index contributed by atoms with van der Waals surface area (Å²) in [4.78, 5) is 22.7. The third-order valence-electron chi connectivity index (χ3n) is 3.94. The lowest BCUT2D eigenvalue weighted by atomic mass is 10.1. The van der Waals surface area contributed by atoms with Crippen molar-refractivity contribution in [3.8, 4) is 0 Å². The number of carbonyl (C=O) groups excluding carboxylic acids is 1. The van der Waals surface area contributed by atoms with Gasteiger partial charge in [-0.2, -0.15) is 0 Å². The van der Waals surface area contributed by atoms with E-state index >= 15 is 0 Å². The Morgan fingerprint density at radius 3 is 2.75 bits per heavy atom. The number of rotatable bonds is 6. The highest BCUT2D eigenvalue weighted by atomic mass is 16.5. The summed E-state index contributed by atoms with van der Waals surface area (Å²) in [7, 11) is 0. The molecule has 2 heterocycles. The number of ether oxygens (including phenoxy) is 1. The number of nitrogens with zero attached hydrogens (tertiary/aromatic N) is 3. The number of aromatic nitrogens is 2. The first-order valence-electron chi connectivity index (χ1n) is 8.31. The van der Waals surface area contributed by atoms with Gasteiger partial charge in [-0.15, -0.1) is 0 Å². The molecule has 0 aliphatic carbocycles. The first-order chi connectivity index (χ1) is 11.8. The molecule has 3 rings (SSSR count). The number of aryl methyl sites for hydroxylation is 1. The lowest BCUT2D eigenvalue weighted by molar-refractivity contribution is 0.0299. The molecule has 2 aromatic rings. The number of benzene rings is 1. The van der Waals surface area contributed by atoms with E-state index in [0.717, 1.165) is 19.4 Å². The number of carbonyl (C=O) groups is 1. The van der Waals surface area contributed by atoms with Crippen molar-refractivity contribution >= 4 is 11.9 Å². The molecular formula is C18H22N4O2. The minimum Gasteiger partial charge on any atom is -0.378 e. The van der Waals surface area contributed by atoms with Crippen molar-refractivity contribution in [3.63, 3.8) is 0 Å². The van der Waals surface area contributed by atoms with Crippen LogP contribution < -0.4 is 5.32 Å². The average molecular weight is 326 g/mol. The number of hydrogen-bond acceptors (Lipinski definition) is 5. The second-order valence-electron chi connectivity index (χ2n) is 5.69. The van der Waals surface area contributed by atoms with Crippen molar-refractivity contribution in [3.05, 3.63) is 53.9 Å². The third kappa shape index (κ3) is 4.52. The molecule has 1 saturated heterocycles. The maximum Gasteiger partial charge on any atom is 0.272 e. The van der Waals surface area contributed by atoms with Crippen LogP contribution in [0.4, 0.5) is 5.95 Å². The Hall–Kier alpha value is -2.47. The smallest absolute Gasteiger partial charge is 0.272 e. The monoisotopic (exact) mass is 326 g/mol. The highest BCUT2D eigenvalue weighted by molar-refractivity contribution is 5.92. The van der Waals surface area contributed by atoms with Gasteiger partial charge in [-0.3, -0.25) is 4.79 Å². The number of nitrogens with one attached hydrogen (secondary N) is 1. The molecule has 1 fully saturated rings.